The van der Waals surface area contributed by atoms with Crippen LogP contribution in [0.4, 0.5) is 5.69 Å². The zero-order valence-corrected chi connectivity index (χ0v) is 7.35. The van der Waals surface area contributed by atoms with Gasteiger partial charge in [0.25, 0.3) is 5.69 Å². The Bertz CT molecular complexity index is 492. The van der Waals surface area contributed by atoms with E-state index < -0.39 is 4.92 Å². The zero-order valence-electron chi connectivity index (χ0n) is 7.35. The molecule has 0 atom stereocenters. The number of hydrogen-bond acceptors (Lipinski definition) is 4. The number of H-pyrrole nitrogens is 1. The maximum absolute atomic E-state index is 10.6. The molecule has 2 aromatic heterocycles. The van der Waals surface area contributed by atoms with E-state index in [0.717, 1.165) is 0 Å². The molecule has 2 aromatic rings. The quantitative estimate of drug-likeness (QED) is 0.578. The fourth-order valence-electron chi connectivity index (χ4n) is 1.33. The van der Waals surface area contributed by atoms with Crippen molar-refractivity contribution in [2.24, 2.45) is 0 Å². The maximum Gasteiger partial charge on any atom is 0.299 e. The number of nitrogens with one attached hydrogen (secondary N) is 1. The highest BCUT2D eigenvalue weighted by molar-refractivity contribution is 5.92. The molecule has 2 rings (SSSR count). The largest absolute Gasteiger partial charge is 0.480 e. The van der Waals surface area contributed by atoms with E-state index in [4.69, 9.17) is 4.74 Å². The van der Waals surface area contributed by atoms with Crippen molar-refractivity contribution in [3.8, 4) is 5.88 Å². The average Bonchev–Trinajstić information content (AvgIpc) is 2.60. The highest BCUT2D eigenvalue weighted by atomic mass is 16.6. The minimum atomic E-state index is -0.469. The standard InChI is InChI=1S/C8H7N3O3/c1-14-8-7-5(2-3-9-8)10-4-6(7)11(12)13/h2-4,10H,1H3. The highest BCUT2D eigenvalue weighted by Gasteiger charge is 2.18. The van der Waals surface area contributed by atoms with E-state index in [1.165, 1.54) is 19.5 Å². The molecular formula is C8H7N3O3. The van der Waals surface area contributed by atoms with Gasteiger partial charge in [0.05, 0.1) is 23.7 Å². The highest BCUT2D eigenvalue weighted by Crippen LogP contribution is 2.31. The van der Waals surface area contributed by atoms with Crippen molar-refractivity contribution in [1.82, 2.24) is 9.97 Å². The molecule has 0 bridgehead atoms. The summed E-state index contributed by atoms with van der Waals surface area (Å²) in [6.07, 6.45) is 2.86. The first kappa shape index (κ1) is 8.49. The van der Waals surface area contributed by atoms with Crippen LogP contribution in [0.5, 0.6) is 5.88 Å². The van der Waals surface area contributed by atoms with Crippen molar-refractivity contribution in [1.29, 1.82) is 0 Å². The number of aromatic nitrogens is 2. The van der Waals surface area contributed by atoms with Crippen LogP contribution < -0.4 is 4.74 Å². The second-order valence-corrected chi connectivity index (χ2v) is 2.67. The lowest BCUT2D eigenvalue weighted by atomic mass is 10.3. The molecule has 72 valence electrons. The van der Waals surface area contributed by atoms with Gasteiger partial charge in [0.1, 0.15) is 5.39 Å². The van der Waals surface area contributed by atoms with Gasteiger partial charge < -0.3 is 9.72 Å². The Morgan fingerprint density at radius 3 is 3.07 bits per heavy atom. The Morgan fingerprint density at radius 2 is 2.43 bits per heavy atom. The first-order valence-electron chi connectivity index (χ1n) is 3.88. The van der Waals surface area contributed by atoms with E-state index in [1.807, 2.05) is 0 Å². The maximum atomic E-state index is 10.6. The van der Waals surface area contributed by atoms with Gasteiger partial charge in [0.15, 0.2) is 0 Å². The monoisotopic (exact) mass is 193 g/mol. The van der Waals surface area contributed by atoms with Crippen molar-refractivity contribution in [3.63, 3.8) is 0 Å². The van der Waals surface area contributed by atoms with E-state index in [-0.39, 0.29) is 11.6 Å². The lowest BCUT2D eigenvalue weighted by Crippen LogP contribution is -1.90. The fourth-order valence-corrected chi connectivity index (χ4v) is 1.33. The number of methoxy groups -OCH3 is 1. The number of nitro groups is 1. The van der Waals surface area contributed by atoms with Gasteiger partial charge in [0, 0.05) is 6.20 Å². The van der Waals surface area contributed by atoms with Crippen LogP contribution in [0.3, 0.4) is 0 Å². The Hall–Kier alpha value is -2.11. The van der Waals surface area contributed by atoms with E-state index in [9.17, 15) is 10.1 Å². The first-order valence-corrected chi connectivity index (χ1v) is 3.88. The summed E-state index contributed by atoms with van der Waals surface area (Å²) in [6.45, 7) is 0. The topological polar surface area (TPSA) is 81.0 Å². The van der Waals surface area contributed by atoms with Gasteiger partial charge in [-0.1, -0.05) is 0 Å². The van der Waals surface area contributed by atoms with Crippen LogP contribution in [-0.4, -0.2) is 22.0 Å². The van der Waals surface area contributed by atoms with Crippen LogP contribution in [0, 0.1) is 10.1 Å². The molecule has 0 saturated carbocycles. The molecule has 0 fully saturated rings. The van der Waals surface area contributed by atoms with Gasteiger partial charge in [-0.15, -0.1) is 0 Å². The summed E-state index contributed by atoms with van der Waals surface area (Å²) in [5, 5.41) is 11.0. The lowest BCUT2D eigenvalue weighted by Gasteiger charge is -1.98. The SMILES string of the molecule is COc1nccc2[nH]cc([N+](=O)[O-])c12. The van der Waals surface area contributed by atoms with Gasteiger partial charge in [-0.3, -0.25) is 10.1 Å². The molecule has 0 aliphatic heterocycles. The molecule has 0 radical (unpaired) electrons. The molecule has 6 heteroatoms. The minimum absolute atomic E-state index is 0.0232. The van der Waals surface area contributed by atoms with Crippen molar-refractivity contribution in [2.45, 2.75) is 0 Å². The van der Waals surface area contributed by atoms with Gasteiger partial charge in [-0.25, -0.2) is 4.98 Å². The van der Waals surface area contributed by atoms with Gasteiger partial charge in [0.2, 0.25) is 5.88 Å². The molecule has 0 saturated heterocycles. The smallest absolute Gasteiger partial charge is 0.299 e. The average molecular weight is 193 g/mol. The molecule has 0 spiro atoms. The third kappa shape index (κ3) is 1.08. The Morgan fingerprint density at radius 1 is 1.64 bits per heavy atom. The summed E-state index contributed by atoms with van der Waals surface area (Å²) in [4.78, 5) is 16.9. The number of nitrogens with zero attached hydrogens (tertiary/aromatic N) is 2. The number of hydrogen-bond donors (Lipinski definition) is 1. The van der Waals surface area contributed by atoms with E-state index in [2.05, 4.69) is 9.97 Å². The normalized spacial score (nSPS) is 10.4. The van der Waals surface area contributed by atoms with Gasteiger partial charge in [-0.2, -0.15) is 0 Å². The summed E-state index contributed by atoms with van der Waals surface area (Å²) in [6, 6.07) is 1.66. The summed E-state index contributed by atoms with van der Waals surface area (Å²) in [7, 11) is 1.43. The Balaban J connectivity index is 2.81. The Labute approximate surface area is 78.7 Å². The molecule has 0 amide bonds. The lowest BCUT2D eigenvalue weighted by molar-refractivity contribution is -0.383. The van der Waals surface area contributed by atoms with E-state index in [1.54, 1.807) is 6.07 Å². The fraction of sp³-hybridized carbons (Fsp3) is 0.125. The molecular weight excluding hydrogens is 186 g/mol. The van der Waals surface area contributed by atoms with Crippen LogP contribution >= 0.6 is 0 Å². The van der Waals surface area contributed by atoms with Crippen LogP contribution in [0.2, 0.25) is 0 Å². The molecule has 6 nitrogen and oxygen atoms in total. The van der Waals surface area contributed by atoms with Gasteiger partial charge in [-0.05, 0) is 6.07 Å². The molecule has 0 aliphatic rings. The molecule has 14 heavy (non-hydrogen) atoms. The van der Waals surface area contributed by atoms with Crippen LogP contribution in [0.15, 0.2) is 18.5 Å². The number of pyridine rings is 1. The second kappa shape index (κ2) is 2.99. The van der Waals surface area contributed by atoms with Crippen LogP contribution in [0.1, 0.15) is 0 Å². The van der Waals surface area contributed by atoms with Crippen molar-refractivity contribution >= 4 is 16.6 Å². The van der Waals surface area contributed by atoms with E-state index in [0.29, 0.717) is 10.9 Å². The van der Waals surface area contributed by atoms with Gasteiger partial charge >= 0.3 is 0 Å². The predicted molar refractivity (Wildman–Crippen MR) is 49.3 cm³/mol. The van der Waals surface area contributed by atoms with Crippen molar-refractivity contribution in [2.75, 3.05) is 7.11 Å². The summed E-state index contributed by atoms with van der Waals surface area (Å²) in [5.41, 5.74) is 0.619. The molecule has 2 heterocycles. The molecule has 1 N–H and O–H groups in total. The number of fused-ring (bicyclic) bond motifs is 1. The predicted octanol–water partition coefficient (Wildman–Crippen LogP) is 1.48. The second-order valence-electron chi connectivity index (χ2n) is 2.67. The number of ether oxygens (including phenoxy) is 1. The summed E-state index contributed by atoms with van der Waals surface area (Å²) < 4.78 is 4.94. The van der Waals surface area contributed by atoms with Crippen LogP contribution in [0.25, 0.3) is 10.9 Å². The third-order valence-corrected chi connectivity index (χ3v) is 1.93. The Kier molecular flexibility index (Phi) is 1.81. The number of rotatable bonds is 2. The van der Waals surface area contributed by atoms with Crippen molar-refractivity contribution in [3.05, 3.63) is 28.6 Å². The molecule has 0 aromatic carbocycles. The van der Waals surface area contributed by atoms with Crippen LogP contribution in [-0.2, 0) is 0 Å². The van der Waals surface area contributed by atoms with Crippen molar-refractivity contribution < 1.29 is 9.66 Å². The minimum Gasteiger partial charge on any atom is -0.480 e. The first-order chi connectivity index (χ1) is 6.74. The zero-order chi connectivity index (χ0) is 10.1. The van der Waals surface area contributed by atoms with E-state index >= 15 is 0 Å². The third-order valence-electron chi connectivity index (χ3n) is 1.93. The summed E-state index contributed by atoms with van der Waals surface area (Å²) >= 11 is 0. The number of aromatic amines is 1. The molecule has 0 aliphatic carbocycles. The summed E-state index contributed by atoms with van der Waals surface area (Å²) in [5.74, 6) is 0.260. The molecule has 0 unspecified atom stereocenters.